The molecule has 0 atom stereocenters. The summed E-state index contributed by atoms with van der Waals surface area (Å²) in [6.45, 7) is 3.59. The normalized spacial score (nSPS) is 16.1. The van der Waals surface area contributed by atoms with Crippen molar-refractivity contribution >= 4 is 5.91 Å². The highest BCUT2D eigenvalue weighted by Crippen LogP contribution is 2.29. The van der Waals surface area contributed by atoms with E-state index in [0.717, 1.165) is 38.2 Å². The first-order valence-corrected chi connectivity index (χ1v) is 7.14. The van der Waals surface area contributed by atoms with Gasteiger partial charge in [0.15, 0.2) is 0 Å². The zero-order valence-corrected chi connectivity index (χ0v) is 11.7. The fourth-order valence-electron chi connectivity index (χ4n) is 2.45. The van der Waals surface area contributed by atoms with Gasteiger partial charge < -0.3 is 10.2 Å². The summed E-state index contributed by atoms with van der Waals surface area (Å²) in [5.74, 6) is -0.456. The molecule has 1 heterocycles. The topological polar surface area (TPSA) is 32.3 Å². The first kappa shape index (κ1) is 15.8. The van der Waals surface area contributed by atoms with Gasteiger partial charge >= 0.3 is 6.18 Å². The number of amides is 1. The maximum Gasteiger partial charge on any atom is 0.416 e. The number of alkyl halides is 3. The Morgan fingerprint density at radius 2 is 1.95 bits per heavy atom. The molecule has 6 heteroatoms. The van der Waals surface area contributed by atoms with E-state index in [-0.39, 0.29) is 5.56 Å². The van der Waals surface area contributed by atoms with Crippen LogP contribution >= 0.6 is 0 Å². The average molecular weight is 300 g/mol. The molecule has 1 aromatic rings. The molecular weight excluding hydrogens is 281 g/mol. The molecule has 1 saturated heterocycles. The third kappa shape index (κ3) is 4.74. The number of carbonyl (C=O) groups excluding carboxylic acids is 1. The van der Waals surface area contributed by atoms with E-state index in [1.807, 2.05) is 0 Å². The van der Waals surface area contributed by atoms with Crippen molar-refractivity contribution in [3.8, 4) is 0 Å². The van der Waals surface area contributed by atoms with Crippen molar-refractivity contribution < 1.29 is 18.0 Å². The first-order chi connectivity index (χ1) is 9.97. The molecule has 0 spiro atoms. The van der Waals surface area contributed by atoms with E-state index in [2.05, 4.69) is 10.2 Å². The molecule has 2 rings (SSSR count). The van der Waals surface area contributed by atoms with Crippen LogP contribution < -0.4 is 5.32 Å². The van der Waals surface area contributed by atoms with Crippen LogP contribution in [0.15, 0.2) is 24.3 Å². The highest BCUT2D eigenvalue weighted by molar-refractivity contribution is 5.94. The Morgan fingerprint density at radius 3 is 2.62 bits per heavy atom. The molecule has 0 unspecified atom stereocenters. The van der Waals surface area contributed by atoms with Crippen LogP contribution in [0.5, 0.6) is 0 Å². The predicted octanol–water partition coefficient (Wildman–Crippen LogP) is 2.92. The minimum Gasteiger partial charge on any atom is -0.352 e. The zero-order valence-electron chi connectivity index (χ0n) is 11.7. The Labute approximate surface area is 122 Å². The summed E-state index contributed by atoms with van der Waals surface area (Å²) in [5.41, 5.74) is -0.752. The number of halogens is 3. The average Bonchev–Trinajstić information content (AvgIpc) is 2.96. The van der Waals surface area contributed by atoms with Gasteiger partial charge in [-0.15, -0.1) is 0 Å². The van der Waals surface area contributed by atoms with Crippen LogP contribution in [0.1, 0.15) is 35.2 Å². The number of likely N-dealkylation sites (tertiary alicyclic amines) is 1. The summed E-state index contributed by atoms with van der Waals surface area (Å²) in [6.07, 6.45) is -1.18. The number of carbonyl (C=O) groups is 1. The third-order valence-electron chi connectivity index (χ3n) is 3.59. The third-order valence-corrected chi connectivity index (χ3v) is 3.59. The fourth-order valence-corrected chi connectivity index (χ4v) is 2.45. The lowest BCUT2D eigenvalue weighted by molar-refractivity contribution is -0.137. The first-order valence-electron chi connectivity index (χ1n) is 7.14. The lowest BCUT2D eigenvalue weighted by Crippen LogP contribution is -2.28. The van der Waals surface area contributed by atoms with Crippen molar-refractivity contribution in [1.82, 2.24) is 10.2 Å². The van der Waals surface area contributed by atoms with E-state index in [1.54, 1.807) is 0 Å². The second kappa shape index (κ2) is 6.93. The Balaban J connectivity index is 1.80. The van der Waals surface area contributed by atoms with Crippen molar-refractivity contribution in [2.45, 2.75) is 25.4 Å². The maximum absolute atomic E-state index is 12.6. The smallest absolute Gasteiger partial charge is 0.352 e. The van der Waals surface area contributed by atoms with E-state index < -0.39 is 17.6 Å². The Morgan fingerprint density at radius 1 is 1.24 bits per heavy atom. The van der Waals surface area contributed by atoms with Crippen molar-refractivity contribution in [3.63, 3.8) is 0 Å². The van der Waals surface area contributed by atoms with E-state index in [1.165, 1.54) is 25.0 Å². The van der Waals surface area contributed by atoms with Gasteiger partial charge in [0.05, 0.1) is 5.56 Å². The van der Waals surface area contributed by atoms with Crippen LogP contribution in [-0.4, -0.2) is 37.0 Å². The number of hydrogen-bond donors (Lipinski definition) is 1. The Kier molecular flexibility index (Phi) is 5.22. The SMILES string of the molecule is O=C(NCCCN1CCCC1)c1cccc(C(F)(F)F)c1. The second-order valence-electron chi connectivity index (χ2n) is 5.24. The molecule has 21 heavy (non-hydrogen) atoms. The highest BCUT2D eigenvalue weighted by Gasteiger charge is 2.30. The van der Waals surface area contributed by atoms with Crippen LogP contribution in [0.25, 0.3) is 0 Å². The van der Waals surface area contributed by atoms with Gasteiger partial charge in [0.1, 0.15) is 0 Å². The van der Waals surface area contributed by atoms with Crippen LogP contribution in [0.2, 0.25) is 0 Å². The molecule has 1 fully saturated rings. The Hall–Kier alpha value is -1.56. The van der Waals surface area contributed by atoms with Gasteiger partial charge in [0, 0.05) is 12.1 Å². The summed E-state index contributed by atoms with van der Waals surface area (Å²) in [6, 6.07) is 4.49. The summed E-state index contributed by atoms with van der Waals surface area (Å²) in [4.78, 5) is 14.2. The molecule has 3 nitrogen and oxygen atoms in total. The Bertz CT molecular complexity index is 482. The molecule has 1 aliphatic heterocycles. The van der Waals surface area contributed by atoms with E-state index >= 15 is 0 Å². The molecule has 0 saturated carbocycles. The minimum absolute atomic E-state index is 0.0472. The lowest BCUT2D eigenvalue weighted by atomic mass is 10.1. The predicted molar refractivity (Wildman–Crippen MR) is 74.1 cm³/mol. The number of rotatable bonds is 5. The van der Waals surface area contributed by atoms with Gasteiger partial charge in [0.25, 0.3) is 5.91 Å². The number of nitrogens with one attached hydrogen (secondary N) is 1. The van der Waals surface area contributed by atoms with Gasteiger partial charge in [-0.1, -0.05) is 6.07 Å². The summed E-state index contributed by atoms with van der Waals surface area (Å²) in [7, 11) is 0. The number of benzene rings is 1. The van der Waals surface area contributed by atoms with Gasteiger partial charge in [-0.2, -0.15) is 13.2 Å². The van der Waals surface area contributed by atoms with E-state index in [9.17, 15) is 18.0 Å². The van der Waals surface area contributed by atoms with Crippen molar-refractivity contribution in [1.29, 1.82) is 0 Å². The molecule has 1 amide bonds. The molecule has 0 radical (unpaired) electrons. The van der Waals surface area contributed by atoms with Crippen LogP contribution in [0.3, 0.4) is 0 Å². The van der Waals surface area contributed by atoms with Gasteiger partial charge in [0.2, 0.25) is 0 Å². The highest BCUT2D eigenvalue weighted by atomic mass is 19.4. The van der Waals surface area contributed by atoms with E-state index in [4.69, 9.17) is 0 Å². The molecular formula is C15H19F3N2O. The van der Waals surface area contributed by atoms with Gasteiger partial charge in [-0.3, -0.25) is 4.79 Å². The zero-order chi connectivity index (χ0) is 15.3. The maximum atomic E-state index is 12.6. The molecule has 0 bridgehead atoms. The van der Waals surface area contributed by atoms with Crippen LogP contribution in [0.4, 0.5) is 13.2 Å². The molecule has 1 aromatic carbocycles. The van der Waals surface area contributed by atoms with E-state index in [0.29, 0.717) is 6.54 Å². The standard InChI is InChI=1S/C15H19F3N2O/c16-15(17,18)13-6-3-5-12(11-13)14(21)19-7-4-10-20-8-1-2-9-20/h3,5-6,11H,1-2,4,7-10H2,(H,19,21). The lowest BCUT2D eigenvalue weighted by Gasteiger charge is -2.14. The molecule has 1 aliphatic rings. The summed E-state index contributed by atoms with van der Waals surface area (Å²) in [5, 5.41) is 2.67. The number of hydrogen-bond acceptors (Lipinski definition) is 2. The monoisotopic (exact) mass is 300 g/mol. The molecule has 0 aliphatic carbocycles. The van der Waals surface area contributed by atoms with Gasteiger partial charge in [-0.05, 0) is 57.1 Å². The summed E-state index contributed by atoms with van der Waals surface area (Å²) < 4.78 is 37.7. The van der Waals surface area contributed by atoms with Gasteiger partial charge in [-0.25, -0.2) is 0 Å². The van der Waals surface area contributed by atoms with Crippen molar-refractivity contribution in [2.24, 2.45) is 0 Å². The largest absolute Gasteiger partial charge is 0.416 e. The minimum atomic E-state index is -4.42. The number of nitrogens with zero attached hydrogens (tertiary/aromatic N) is 1. The summed E-state index contributed by atoms with van der Waals surface area (Å²) >= 11 is 0. The van der Waals surface area contributed by atoms with Crippen molar-refractivity contribution in [3.05, 3.63) is 35.4 Å². The molecule has 1 N–H and O–H groups in total. The van der Waals surface area contributed by atoms with Crippen LogP contribution in [-0.2, 0) is 6.18 Å². The van der Waals surface area contributed by atoms with Crippen LogP contribution in [0, 0.1) is 0 Å². The fraction of sp³-hybridized carbons (Fsp3) is 0.533. The quantitative estimate of drug-likeness (QED) is 0.848. The second-order valence-corrected chi connectivity index (χ2v) is 5.24. The molecule has 0 aromatic heterocycles. The van der Waals surface area contributed by atoms with Crippen molar-refractivity contribution in [2.75, 3.05) is 26.2 Å². The molecule has 116 valence electrons.